The summed E-state index contributed by atoms with van der Waals surface area (Å²) < 4.78 is 19.8. The van der Waals surface area contributed by atoms with Crippen molar-refractivity contribution in [3.05, 3.63) is 24.7 Å². The summed E-state index contributed by atoms with van der Waals surface area (Å²) in [6.07, 6.45) is -1.85. The van der Waals surface area contributed by atoms with E-state index in [-0.39, 0.29) is 24.7 Å². The molecule has 0 aliphatic carbocycles. The van der Waals surface area contributed by atoms with Crippen LogP contribution in [0.15, 0.2) is 24.7 Å². The number of aliphatic hydroxyl groups is 2. The Morgan fingerprint density at radius 2 is 2.35 bits per heavy atom. The fourth-order valence-electron chi connectivity index (χ4n) is 2.42. The minimum atomic E-state index is -1.77. The van der Waals surface area contributed by atoms with Crippen molar-refractivity contribution in [3.8, 4) is 0 Å². The van der Waals surface area contributed by atoms with Crippen LogP contribution in [0.2, 0.25) is 0 Å². The average Bonchev–Trinajstić information content (AvgIpc) is 2.65. The van der Waals surface area contributed by atoms with Crippen LogP contribution in [0.25, 0.3) is 0 Å². The molecule has 0 aromatic rings. The number of amides is 1. The summed E-state index contributed by atoms with van der Waals surface area (Å²) in [5.74, 6) is -0.241. The highest BCUT2D eigenvalue weighted by atomic mass is 19.1. The number of hydrogen-bond donors (Lipinski definition) is 4. The largest absolute Gasteiger partial charge is 0.393 e. The van der Waals surface area contributed by atoms with Gasteiger partial charge >= 0.3 is 0 Å². The molecular weight excluding hydrogens is 269 g/mol. The molecule has 4 atom stereocenters. The molecule has 0 bridgehead atoms. The maximum atomic E-state index is 14.3. The SMILES string of the molecule is C=C1NC(=O)C=CN1[C@@H]1O[C@@](CO)(CCN)[C@@H](O)[C@H]1F. The fraction of sp³-hybridized carbons (Fsp3) is 0.583. The van der Waals surface area contributed by atoms with Gasteiger partial charge in [0.25, 0.3) is 5.91 Å². The Morgan fingerprint density at radius 3 is 2.90 bits per heavy atom. The van der Waals surface area contributed by atoms with Gasteiger partial charge in [-0.2, -0.15) is 0 Å². The molecule has 2 aliphatic rings. The zero-order valence-corrected chi connectivity index (χ0v) is 10.8. The maximum Gasteiger partial charge on any atom is 0.250 e. The van der Waals surface area contributed by atoms with Gasteiger partial charge in [-0.25, -0.2) is 4.39 Å². The average molecular weight is 287 g/mol. The first kappa shape index (κ1) is 14.9. The van der Waals surface area contributed by atoms with Crippen LogP contribution in [0.1, 0.15) is 6.42 Å². The number of ether oxygens (including phenoxy) is 1. The quantitative estimate of drug-likeness (QED) is 0.503. The molecule has 5 N–H and O–H groups in total. The molecule has 0 saturated carbocycles. The first-order valence-corrected chi connectivity index (χ1v) is 6.22. The number of nitrogens with zero attached hydrogens (tertiary/aromatic N) is 1. The highest BCUT2D eigenvalue weighted by molar-refractivity contribution is 5.89. The Labute approximate surface area is 115 Å². The summed E-state index contributed by atoms with van der Waals surface area (Å²) in [6, 6.07) is 0. The van der Waals surface area contributed by atoms with Crippen molar-refractivity contribution in [3.63, 3.8) is 0 Å². The van der Waals surface area contributed by atoms with Gasteiger partial charge < -0.3 is 30.9 Å². The van der Waals surface area contributed by atoms with Crippen LogP contribution < -0.4 is 11.1 Å². The van der Waals surface area contributed by atoms with Crippen molar-refractivity contribution >= 4 is 5.91 Å². The van der Waals surface area contributed by atoms with Gasteiger partial charge in [-0.1, -0.05) is 6.58 Å². The molecular formula is C12H18FN3O4. The van der Waals surface area contributed by atoms with Crippen LogP contribution in [-0.4, -0.2) is 58.3 Å². The van der Waals surface area contributed by atoms with Crippen LogP contribution in [0, 0.1) is 0 Å². The van der Waals surface area contributed by atoms with E-state index in [0.717, 1.165) is 0 Å². The smallest absolute Gasteiger partial charge is 0.250 e. The summed E-state index contributed by atoms with van der Waals surface area (Å²) in [7, 11) is 0. The van der Waals surface area contributed by atoms with E-state index in [1.165, 1.54) is 17.2 Å². The Bertz CT molecular complexity index is 444. The molecule has 0 spiro atoms. The Kier molecular flexibility index (Phi) is 4.09. The van der Waals surface area contributed by atoms with Crippen molar-refractivity contribution in [2.45, 2.75) is 30.5 Å². The zero-order valence-electron chi connectivity index (χ0n) is 10.8. The van der Waals surface area contributed by atoms with Gasteiger partial charge in [-0.15, -0.1) is 0 Å². The van der Waals surface area contributed by atoms with Crippen LogP contribution in [-0.2, 0) is 9.53 Å². The molecule has 2 rings (SSSR count). The molecule has 0 aromatic heterocycles. The van der Waals surface area contributed by atoms with Crippen LogP contribution in [0.5, 0.6) is 0 Å². The molecule has 8 heteroatoms. The third-order valence-corrected chi connectivity index (χ3v) is 3.54. The van der Waals surface area contributed by atoms with Gasteiger partial charge in [0.15, 0.2) is 12.4 Å². The first-order valence-electron chi connectivity index (χ1n) is 6.22. The predicted octanol–water partition coefficient (Wildman–Crippen LogP) is -1.46. The number of nitrogens with two attached hydrogens (primary N) is 1. The third-order valence-electron chi connectivity index (χ3n) is 3.54. The van der Waals surface area contributed by atoms with E-state index in [4.69, 9.17) is 10.5 Å². The lowest BCUT2D eigenvalue weighted by Crippen LogP contribution is -2.46. The zero-order chi connectivity index (χ0) is 14.9. The molecule has 112 valence electrons. The summed E-state index contributed by atoms with van der Waals surface area (Å²) in [5, 5.41) is 21.8. The van der Waals surface area contributed by atoms with E-state index >= 15 is 0 Å². The van der Waals surface area contributed by atoms with E-state index in [0.29, 0.717) is 0 Å². The lowest BCUT2D eigenvalue weighted by Gasteiger charge is -2.33. The van der Waals surface area contributed by atoms with Crippen molar-refractivity contribution in [1.82, 2.24) is 10.2 Å². The number of carbonyl (C=O) groups is 1. The Balaban J connectivity index is 2.24. The van der Waals surface area contributed by atoms with E-state index in [2.05, 4.69) is 11.9 Å². The standard InChI is InChI=1S/C12H18FN3O4/c1-7-15-8(18)2-5-16(7)11-9(13)10(19)12(6-17,20-11)3-4-14/h2,5,9-11,17,19H,1,3-4,6,14H2,(H,15,18)/t9-,10+,11-,12-/m1/s1. The van der Waals surface area contributed by atoms with Crippen LogP contribution >= 0.6 is 0 Å². The second-order valence-electron chi connectivity index (χ2n) is 4.82. The lowest BCUT2D eigenvalue weighted by atomic mass is 9.93. The van der Waals surface area contributed by atoms with E-state index in [9.17, 15) is 19.4 Å². The maximum absolute atomic E-state index is 14.3. The number of alkyl halides is 1. The highest BCUT2D eigenvalue weighted by Crippen LogP contribution is 2.38. The van der Waals surface area contributed by atoms with Gasteiger partial charge in [-0.3, -0.25) is 4.79 Å². The minimum absolute atomic E-state index is 0.109. The molecule has 0 radical (unpaired) electrons. The Morgan fingerprint density at radius 1 is 1.65 bits per heavy atom. The summed E-state index contributed by atoms with van der Waals surface area (Å²) in [4.78, 5) is 12.4. The second kappa shape index (κ2) is 5.49. The van der Waals surface area contributed by atoms with Gasteiger partial charge in [0.05, 0.1) is 6.61 Å². The molecule has 2 heterocycles. The Hall–Kier alpha value is -1.48. The topological polar surface area (TPSA) is 108 Å². The van der Waals surface area contributed by atoms with Crippen LogP contribution in [0.3, 0.4) is 0 Å². The molecule has 7 nitrogen and oxygen atoms in total. The number of halogens is 1. The molecule has 1 fully saturated rings. The fourth-order valence-corrected chi connectivity index (χ4v) is 2.42. The number of hydrogen-bond acceptors (Lipinski definition) is 6. The lowest BCUT2D eigenvalue weighted by molar-refractivity contribution is -0.139. The van der Waals surface area contributed by atoms with E-state index in [1.54, 1.807) is 0 Å². The molecule has 20 heavy (non-hydrogen) atoms. The van der Waals surface area contributed by atoms with E-state index < -0.39 is 30.7 Å². The monoisotopic (exact) mass is 287 g/mol. The second-order valence-corrected chi connectivity index (χ2v) is 4.82. The minimum Gasteiger partial charge on any atom is -0.393 e. The van der Waals surface area contributed by atoms with Gasteiger partial charge in [0.1, 0.15) is 17.5 Å². The molecule has 1 amide bonds. The van der Waals surface area contributed by atoms with Gasteiger partial charge in [-0.05, 0) is 13.0 Å². The van der Waals surface area contributed by atoms with Crippen molar-refractivity contribution < 1.29 is 24.1 Å². The van der Waals surface area contributed by atoms with Crippen molar-refractivity contribution in [2.75, 3.05) is 13.2 Å². The highest BCUT2D eigenvalue weighted by Gasteiger charge is 2.56. The molecule has 1 saturated heterocycles. The summed E-state index contributed by atoms with van der Waals surface area (Å²) in [5.41, 5.74) is 3.97. The van der Waals surface area contributed by atoms with E-state index in [1.807, 2.05) is 0 Å². The number of rotatable bonds is 4. The van der Waals surface area contributed by atoms with Crippen molar-refractivity contribution in [1.29, 1.82) is 0 Å². The molecule has 0 aromatic carbocycles. The van der Waals surface area contributed by atoms with Crippen molar-refractivity contribution in [2.24, 2.45) is 5.73 Å². The number of aliphatic hydroxyl groups excluding tert-OH is 2. The normalized spacial score (nSPS) is 37.4. The number of carbonyl (C=O) groups excluding carboxylic acids is 1. The van der Waals surface area contributed by atoms with Crippen LogP contribution in [0.4, 0.5) is 4.39 Å². The predicted molar refractivity (Wildman–Crippen MR) is 67.5 cm³/mol. The summed E-state index contributed by atoms with van der Waals surface area (Å²) in [6.45, 7) is 3.17. The first-order chi connectivity index (χ1) is 9.45. The third kappa shape index (κ3) is 2.31. The summed E-state index contributed by atoms with van der Waals surface area (Å²) >= 11 is 0. The van der Waals surface area contributed by atoms with Gasteiger partial charge in [0, 0.05) is 12.3 Å². The molecule has 2 aliphatic heterocycles. The van der Waals surface area contributed by atoms with Gasteiger partial charge in [0.2, 0.25) is 0 Å². The molecule has 0 unspecified atom stereocenters. The number of nitrogens with one attached hydrogen (secondary N) is 1.